The van der Waals surface area contributed by atoms with Gasteiger partial charge in [-0.25, -0.2) is 5.43 Å². The molecule has 2 aromatic rings. The van der Waals surface area contributed by atoms with Gasteiger partial charge in [0.1, 0.15) is 23.3 Å². The van der Waals surface area contributed by atoms with Gasteiger partial charge in [-0.2, -0.15) is 10.4 Å². The van der Waals surface area contributed by atoms with E-state index in [0.29, 0.717) is 28.5 Å². The van der Waals surface area contributed by atoms with Crippen molar-refractivity contribution in [1.29, 1.82) is 5.26 Å². The summed E-state index contributed by atoms with van der Waals surface area (Å²) in [5.74, 6) is 1.15. The van der Waals surface area contributed by atoms with Gasteiger partial charge in [-0.15, -0.1) is 0 Å². The number of nitrogens with one attached hydrogen (secondary N) is 1. The van der Waals surface area contributed by atoms with E-state index in [1.54, 1.807) is 63.6 Å². The Morgan fingerprint density at radius 2 is 1.92 bits per heavy atom. The Bertz CT molecular complexity index is 856. The Labute approximate surface area is 151 Å². The molecule has 0 atom stereocenters. The van der Waals surface area contributed by atoms with Crippen LogP contribution in [-0.4, -0.2) is 32.4 Å². The Balaban J connectivity index is 2.00. The van der Waals surface area contributed by atoms with Crippen LogP contribution in [0, 0.1) is 11.3 Å². The van der Waals surface area contributed by atoms with Gasteiger partial charge in [0.05, 0.1) is 25.5 Å². The number of carbonyl (C=O) groups is 1. The zero-order valence-electron chi connectivity index (χ0n) is 14.8. The predicted octanol–water partition coefficient (Wildman–Crippen LogP) is 2.49. The quantitative estimate of drug-likeness (QED) is 0.610. The highest BCUT2D eigenvalue weighted by molar-refractivity contribution is 6.01. The van der Waals surface area contributed by atoms with Crippen molar-refractivity contribution in [2.75, 3.05) is 20.8 Å². The van der Waals surface area contributed by atoms with E-state index < -0.39 is 5.91 Å². The van der Waals surface area contributed by atoms with Gasteiger partial charge in [0.15, 0.2) is 6.61 Å². The van der Waals surface area contributed by atoms with Crippen LogP contribution in [0.4, 0.5) is 0 Å². The Morgan fingerprint density at radius 3 is 2.62 bits per heavy atom. The maximum Gasteiger partial charge on any atom is 0.277 e. The lowest BCUT2D eigenvalue weighted by Crippen LogP contribution is -2.25. The smallest absolute Gasteiger partial charge is 0.277 e. The molecule has 134 valence electrons. The Morgan fingerprint density at radius 1 is 1.15 bits per heavy atom. The number of ether oxygens (including phenoxy) is 3. The number of hydrogen-bond donors (Lipinski definition) is 1. The van der Waals surface area contributed by atoms with E-state index in [0.717, 1.165) is 5.56 Å². The number of carbonyl (C=O) groups excluding carboxylic acids is 1. The highest BCUT2D eigenvalue weighted by Crippen LogP contribution is 2.25. The number of hydrazone groups is 1. The van der Waals surface area contributed by atoms with E-state index in [4.69, 9.17) is 19.5 Å². The lowest BCUT2D eigenvalue weighted by atomic mass is 10.1. The molecule has 0 spiro atoms. The molecule has 0 aliphatic heterocycles. The number of rotatable bonds is 7. The number of nitrogens with zero attached hydrogens (tertiary/aromatic N) is 2. The molecule has 0 aliphatic rings. The van der Waals surface area contributed by atoms with Crippen molar-refractivity contribution in [1.82, 2.24) is 5.43 Å². The maximum absolute atomic E-state index is 11.9. The molecule has 0 radical (unpaired) electrons. The molecule has 1 N–H and O–H groups in total. The molecule has 7 nitrogen and oxygen atoms in total. The van der Waals surface area contributed by atoms with Gasteiger partial charge >= 0.3 is 0 Å². The molecule has 0 saturated heterocycles. The van der Waals surface area contributed by atoms with Crippen molar-refractivity contribution >= 4 is 11.6 Å². The average Bonchev–Trinajstić information content (AvgIpc) is 2.69. The molecule has 0 aliphatic carbocycles. The first-order valence-electron chi connectivity index (χ1n) is 7.76. The van der Waals surface area contributed by atoms with E-state index in [-0.39, 0.29) is 6.61 Å². The third-order valence-corrected chi connectivity index (χ3v) is 3.51. The van der Waals surface area contributed by atoms with Crippen molar-refractivity contribution in [3.8, 4) is 23.3 Å². The van der Waals surface area contributed by atoms with Gasteiger partial charge in [-0.05, 0) is 31.2 Å². The second-order valence-corrected chi connectivity index (χ2v) is 5.20. The number of nitriles is 1. The summed E-state index contributed by atoms with van der Waals surface area (Å²) in [6.45, 7) is 1.49. The van der Waals surface area contributed by atoms with Gasteiger partial charge in [-0.3, -0.25) is 4.79 Å². The van der Waals surface area contributed by atoms with Crippen LogP contribution in [0.15, 0.2) is 47.6 Å². The van der Waals surface area contributed by atoms with Crippen LogP contribution < -0.4 is 19.6 Å². The fraction of sp³-hybridized carbons (Fsp3) is 0.211. The molecule has 1 amide bonds. The van der Waals surface area contributed by atoms with Crippen molar-refractivity contribution in [2.45, 2.75) is 6.92 Å². The zero-order valence-corrected chi connectivity index (χ0v) is 14.8. The number of benzene rings is 2. The van der Waals surface area contributed by atoms with Crippen LogP contribution in [0.1, 0.15) is 18.1 Å². The number of methoxy groups -OCH3 is 2. The van der Waals surface area contributed by atoms with Crippen LogP contribution in [0.2, 0.25) is 0 Å². The topological polar surface area (TPSA) is 92.9 Å². The largest absolute Gasteiger partial charge is 0.497 e. The third-order valence-electron chi connectivity index (χ3n) is 3.51. The number of hydrogen-bond acceptors (Lipinski definition) is 6. The van der Waals surface area contributed by atoms with E-state index >= 15 is 0 Å². The lowest BCUT2D eigenvalue weighted by Gasteiger charge is -2.10. The van der Waals surface area contributed by atoms with E-state index in [1.807, 2.05) is 6.07 Å². The van der Waals surface area contributed by atoms with Gasteiger partial charge in [0.25, 0.3) is 5.91 Å². The molecule has 2 rings (SSSR count). The molecular formula is C19H19N3O4. The first-order chi connectivity index (χ1) is 12.6. The summed E-state index contributed by atoms with van der Waals surface area (Å²) in [5.41, 5.74) is 4.08. The normalized spacial score (nSPS) is 10.6. The highest BCUT2D eigenvalue weighted by atomic mass is 16.5. The van der Waals surface area contributed by atoms with Crippen molar-refractivity contribution < 1.29 is 19.0 Å². The Kier molecular flexibility index (Phi) is 6.57. The van der Waals surface area contributed by atoms with Crippen LogP contribution in [0.3, 0.4) is 0 Å². The number of amides is 1. The summed E-state index contributed by atoms with van der Waals surface area (Å²) in [6, 6.07) is 14.0. The Hall–Kier alpha value is -3.53. The minimum atomic E-state index is -0.440. The first kappa shape index (κ1) is 18.8. The SMILES string of the molecule is COc1ccc(/C(C)=N/NC(=O)COc2ccccc2C#N)c(OC)c1. The number of para-hydroxylation sites is 1. The summed E-state index contributed by atoms with van der Waals surface area (Å²) in [5, 5.41) is 13.1. The lowest BCUT2D eigenvalue weighted by molar-refractivity contribution is -0.123. The van der Waals surface area contributed by atoms with E-state index in [1.165, 1.54) is 0 Å². The van der Waals surface area contributed by atoms with Gasteiger partial charge in [0.2, 0.25) is 0 Å². The molecule has 7 heteroatoms. The molecule has 0 heterocycles. The molecule has 0 saturated carbocycles. The van der Waals surface area contributed by atoms with Crippen molar-refractivity contribution in [2.24, 2.45) is 5.10 Å². The van der Waals surface area contributed by atoms with E-state index in [9.17, 15) is 4.79 Å². The molecule has 2 aromatic carbocycles. The average molecular weight is 353 g/mol. The van der Waals surface area contributed by atoms with Crippen LogP contribution >= 0.6 is 0 Å². The fourth-order valence-electron chi connectivity index (χ4n) is 2.16. The summed E-state index contributed by atoms with van der Waals surface area (Å²) in [6.07, 6.45) is 0. The van der Waals surface area contributed by atoms with Crippen molar-refractivity contribution in [3.63, 3.8) is 0 Å². The zero-order chi connectivity index (χ0) is 18.9. The van der Waals surface area contributed by atoms with Crippen LogP contribution in [0.5, 0.6) is 17.2 Å². The minimum Gasteiger partial charge on any atom is -0.497 e. The standard InChI is InChI=1S/C19H19N3O4/c1-13(16-9-8-15(24-2)10-18(16)25-3)21-22-19(23)12-26-17-7-5-4-6-14(17)11-20/h4-10H,12H2,1-3H3,(H,22,23)/b21-13+. The molecule has 26 heavy (non-hydrogen) atoms. The third kappa shape index (κ3) is 4.74. The van der Waals surface area contributed by atoms with Crippen molar-refractivity contribution in [3.05, 3.63) is 53.6 Å². The van der Waals surface area contributed by atoms with Gasteiger partial charge in [0, 0.05) is 11.6 Å². The monoisotopic (exact) mass is 353 g/mol. The van der Waals surface area contributed by atoms with Crippen LogP contribution in [-0.2, 0) is 4.79 Å². The highest BCUT2D eigenvalue weighted by Gasteiger charge is 2.10. The van der Waals surface area contributed by atoms with Gasteiger partial charge in [-0.1, -0.05) is 12.1 Å². The van der Waals surface area contributed by atoms with E-state index in [2.05, 4.69) is 10.5 Å². The maximum atomic E-state index is 11.9. The summed E-state index contributed by atoms with van der Waals surface area (Å²) in [4.78, 5) is 11.9. The van der Waals surface area contributed by atoms with Gasteiger partial charge < -0.3 is 14.2 Å². The van der Waals surface area contributed by atoms with Crippen LogP contribution in [0.25, 0.3) is 0 Å². The molecule has 0 bridgehead atoms. The summed E-state index contributed by atoms with van der Waals surface area (Å²) >= 11 is 0. The molecule has 0 fully saturated rings. The second-order valence-electron chi connectivity index (χ2n) is 5.20. The first-order valence-corrected chi connectivity index (χ1v) is 7.76. The fourth-order valence-corrected chi connectivity index (χ4v) is 2.16. The molecule has 0 aromatic heterocycles. The second kappa shape index (κ2) is 9.08. The predicted molar refractivity (Wildman–Crippen MR) is 96.6 cm³/mol. The minimum absolute atomic E-state index is 0.255. The summed E-state index contributed by atoms with van der Waals surface area (Å²) in [7, 11) is 3.12. The molecular weight excluding hydrogens is 334 g/mol. The molecule has 0 unspecified atom stereocenters. The summed E-state index contributed by atoms with van der Waals surface area (Å²) < 4.78 is 15.8.